The van der Waals surface area contributed by atoms with Gasteiger partial charge in [0.15, 0.2) is 0 Å². The molecule has 0 aliphatic rings. The molecule has 1 aromatic heterocycles. The number of benzene rings is 2. The summed E-state index contributed by atoms with van der Waals surface area (Å²) in [6, 6.07) is 14.0. The van der Waals surface area contributed by atoms with Gasteiger partial charge >= 0.3 is 0 Å². The smallest absolute Gasteiger partial charge is 0.129 e. The number of rotatable bonds is 3. The third-order valence-corrected chi connectivity index (χ3v) is 3.94. The molecule has 0 amide bonds. The van der Waals surface area contributed by atoms with Crippen molar-refractivity contribution in [3.05, 3.63) is 77.9 Å². The maximum Gasteiger partial charge on any atom is 0.129 e. The van der Waals surface area contributed by atoms with E-state index in [-0.39, 0.29) is 5.56 Å². The molecule has 1 heterocycles. The third kappa shape index (κ3) is 2.20. The highest BCUT2D eigenvalue weighted by molar-refractivity contribution is 5.85. The van der Waals surface area contributed by atoms with Crippen LogP contribution in [-0.2, 0) is 5.60 Å². The van der Waals surface area contributed by atoms with E-state index in [4.69, 9.17) is 0 Å². The van der Waals surface area contributed by atoms with Gasteiger partial charge < -0.3 is 5.11 Å². The van der Waals surface area contributed by atoms with Crippen LogP contribution in [0.15, 0.2) is 60.9 Å². The molecule has 0 saturated carbocycles. The Morgan fingerprint density at radius 3 is 2.48 bits per heavy atom. The van der Waals surface area contributed by atoms with Crippen LogP contribution in [0.25, 0.3) is 10.8 Å². The fraction of sp³-hybridized carbons (Fsp3) is 0.167. The van der Waals surface area contributed by atoms with Crippen molar-refractivity contribution in [2.24, 2.45) is 0 Å². The molecule has 2 nitrogen and oxygen atoms in total. The van der Waals surface area contributed by atoms with Crippen molar-refractivity contribution in [3.63, 3.8) is 0 Å². The van der Waals surface area contributed by atoms with Gasteiger partial charge in [-0.2, -0.15) is 0 Å². The molecule has 0 fully saturated rings. The van der Waals surface area contributed by atoms with Crippen molar-refractivity contribution in [3.8, 4) is 0 Å². The second kappa shape index (κ2) is 5.26. The van der Waals surface area contributed by atoms with Gasteiger partial charge in [-0.1, -0.05) is 49.4 Å². The van der Waals surface area contributed by atoms with E-state index in [0.717, 1.165) is 10.8 Å². The molecule has 3 aromatic rings. The summed E-state index contributed by atoms with van der Waals surface area (Å²) in [4.78, 5) is 4.20. The topological polar surface area (TPSA) is 33.1 Å². The first kappa shape index (κ1) is 13.7. The summed E-state index contributed by atoms with van der Waals surface area (Å²) in [5, 5.41) is 13.0. The Kier molecular flexibility index (Phi) is 3.43. The van der Waals surface area contributed by atoms with Crippen molar-refractivity contribution in [2.45, 2.75) is 18.9 Å². The number of pyridine rings is 1. The zero-order chi connectivity index (χ0) is 14.9. The van der Waals surface area contributed by atoms with Gasteiger partial charge in [-0.15, -0.1) is 0 Å². The maximum atomic E-state index is 14.2. The summed E-state index contributed by atoms with van der Waals surface area (Å²) in [6.07, 6.45) is 3.73. The molecule has 1 N–H and O–H groups in total. The van der Waals surface area contributed by atoms with E-state index in [0.29, 0.717) is 12.0 Å². The zero-order valence-corrected chi connectivity index (χ0v) is 11.8. The Hall–Kier alpha value is -2.26. The Balaban J connectivity index is 2.30. The van der Waals surface area contributed by atoms with E-state index >= 15 is 0 Å². The van der Waals surface area contributed by atoms with Crippen molar-refractivity contribution in [1.82, 2.24) is 4.98 Å². The van der Waals surface area contributed by atoms with E-state index in [1.54, 1.807) is 30.6 Å². The highest BCUT2D eigenvalue weighted by Crippen LogP contribution is 2.37. The number of fused-ring (bicyclic) bond motifs is 1. The highest BCUT2D eigenvalue weighted by atomic mass is 19.1. The van der Waals surface area contributed by atoms with Crippen LogP contribution in [0.5, 0.6) is 0 Å². The predicted molar refractivity (Wildman–Crippen MR) is 81.4 cm³/mol. The Morgan fingerprint density at radius 2 is 1.71 bits per heavy atom. The number of hydrogen-bond donors (Lipinski definition) is 1. The van der Waals surface area contributed by atoms with Gasteiger partial charge in [0.2, 0.25) is 0 Å². The first-order chi connectivity index (χ1) is 10.2. The average Bonchev–Trinajstić information content (AvgIpc) is 2.54. The van der Waals surface area contributed by atoms with Crippen LogP contribution in [0.1, 0.15) is 24.5 Å². The highest BCUT2D eigenvalue weighted by Gasteiger charge is 2.33. The van der Waals surface area contributed by atoms with Crippen LogP contribution in [0.4, 0.5) is 4.39 Å². The summed E-state index contributed by atoms with van der Waals surface area (Å²) in [7, 11) is 0. The Morgan fingerprint density at radius 1 is 1.00 bits per heavy atom. The number of nitrogens with zero attached hydrogens (tertiary/aromatic N) is 1. The van der Waals surface area contributed by atoms with E-state index in [9.17, 15) is 9.50 Å². The molecule has 0 saturated heterocycles. The van der Waals surface area contributed by atoms with Gasteiger partial charge in [-0.3, -0.25) is 4.98 Å². The van der Waals surface area contributed by atoms with Gasteiger partial charge in [0.25, 0.3) is 0 Å². The number of halogens is 1. The molecule has 106 valence electrons. The van der Waals surface area contributed by atoms with Crippen LogP contribution >= 0.6 is 0 Å². The minimum atomic E-state index is -1.39. The van der Waals surface area contributed by atoms with Gasteiger partial charge in [-0.05, 0) is 17.9 Å². The zero-order valence-electron chi connectivity index (χ0n) is 11.8. The molecule has 0 bridgehead atoms. The summed E-state index contributed by atoms with van der Waals surface area (Å²) in [5.41, 5.74) is -0.474. The van der Waals surface area contributed by atoms with Gasteiger partial charge in [0.1, 0.15) is 11.4 Å². The van der Waals surface area contributed by atoms with E-state index in [1.165, 1.54) is 6.07 Å². The molecule has 2 aromatic carbocycles. The summed E-state index contributed by atoms with van der Waals surface area (Å²) in [6.45, 7) is 1.84. The van der Waals surface area contributed by atoms with E-state index < -0.39 is 11.4 Å². The van der Waals surface area contributed by atoms with Gasteiger partial charge in [-0.25, -0.2) is 4.39 Å². The second-order valence-electron chi connectivity index (χ2n) is 5.10. The van der Waals surface area contributed by atoms with Crippen LogP contribution in [0, 0.1) is 5.82 Å². The predicted octanol–water partition coefficient (Wildman–Crippen LogP) is 4.02. The minimum absolute atomic E-state index is 0.283. The lowest BCUT2D eigenvalue weighted by Crippen LogP contribution is -2.28. The maximum absolute atomic E-state index is 14.2. The summed E-state index contributed by atoms with van der Waals surface area (Å²) < 4.78 is 14.2. The van der Waals surface area contributed by atoms with Crippen molar-refractivity contribution < 1.29 is 9.50 Å². The number of aromatic nitrogens is 1. The summed E-state index contributed by atoms with van der Waals surface area (Å²) >= 11 is 0. The van der Waals surface area contributed by atoms with Crippen molar-refractivity contribution in [1.29, 1.82) is 0 Å². The molecule has 1 atom stereocenters. The normalized spacial score (nSPS) is 14.0. The number of hydrogen-bond acceptors (Lipinski definition) is 2. The van der Waals surface area contributed by atoms with Gasteiger partial charge in [0, 0.05) is 28.9 Å². The second-order valence-corrected chi connectivity index (χ2v) is 5.10. The van der Waals surface area contributed by atoms with Crippen LogP contribution in [0.2, 0.25) is 0 Å². The van der Waals surface area contributed by atoms with Crippen molar-refractivity contribution in [2.75, 3.05) is 0 Å². The van der Waals surface area contributed by atoms with E-state index in [2.05, 4.69) is 4.98 Å². The average molecular weight is 281 g/mol. The minimum Gasteiger partial charge on any atom is -0.380 e. The number of aliphatic hydroxyl groups is 1. The summed E-state index contributed by atoms with van der Waals surface area (Å²) in [5.74, 6) is -0.408. The molecule has 3 heteroatoms. The standard InChI is InChI=1S/C18H16FNO/c1-2-18(21,15-9-5-6-10-17(15)19)16-12-20-11-13-7-3-4-8-14(13)16/h3-12,21H,2H2,1H3. The molecule has 3 rings (SSSR count). The fourth-order valence-electron chi connectivity index (χ4n) is 2.77. The molecule has 21 heavy (non-hydrogen) atoms. The fourth-order valence-corrected chi connectivity index (χ4v) is 2.77. The van der Waals surface area contributed by atoms with Crippen LogP contribution in [0.3, 0.4) is 0 Å². The molecule has 0 radical (unpaired) electrons. The molecule has 1 unspecified atom stereocenters. The molecule has 0 aliphatic heterocycles. The first-order valence-electron chi connectivity index (χ1n) is 6.97. The quantitative estimate of drug-likeness (QED) is 0.786. The van der Waals surface area contributed by atoms with Crippen LogP contribution in [-0.4, -0.2) is 10.1 Å². The Labute approximate surface area is 122 Å². The Bertz CT molecular complexity index is 782. The third-order valence-electron chi connectivity index (χ3n) is 3.94. The monoisotopic (exact) mass is 281 g/mol. The lowest BCUT2D eigenvalue weighted by atomic mass is 9.82. The molecular formula is C18H16FNO. The largest absolute Gasteiger partial charge is 0.380 e. The van der Waals surface area contributed by atoms with Crippen LogP contribution < -0.4 is 0 Å². The van der Waals surface area contributed by atoms with E-state index in [1.807, 2.05) is 31.2 Å². The molecular weight excluding hydrogens is 265 g/mol. The van der Waals surface area contributed by atoms with Gasteiger partial charge in [0.05, 0.1) is 0 Å². The molecule has 0 spiro atoms. The van der Waals surface area contributed by atoms with Crippen molar-refractivity contribution >= 4 is 10.8 Å². The SMILES string of the molecule is CCC(O)(c1ccccc1F)c1cncc2ccccc12. The molecule has 0 aliphatic carbocycles. The lowest BCUT2D eigenvalue weighted by molar-refractivity contribution is 0.0738. The lowest BCUT2D eigenvalue weighted by Gasteiger charge is -2.29. The first-order valence-corrected chi connectivity index (χ1v) is 6.97.